The SMILES string of the molecule is O=C(CSc1nnc(-c2cc3ccccc3cc2O)o1)Nc1c(Cl)cc(Cl)cc1Cl. The molecule has 1 amide bonds. The van der Waals surface area contributed by atoms with Crippen molar-refractivity contribution >= 4 is 68.9 Å². The van der Waals surface area contributed by atoms with Crippen molar-refractivity contribution in [3.63, 3.8) is 0 Å². The molecule has 0 saturated carbocycles. The minimum atomic E-state index is -0.362. The molecule has 30 heavy (non-hydrogen) atoms. The van der Waals surface area contributed by atoms with Crippen LogP contribution in [0, 0.1) is 0 Å². The molecule has 0 atom stereocenters. The van der Waals surface area contributed by atoms with Gasteiger partial charge in [0.15, 0.2) is 0 Å². The molecule has 10 heteroatoms. The number of benzene rings is 3. The lowest BCUT2D eigenvalue weighted by Crippen LogP contribution is -2.14. The lowest BCUT2D eigenvalue weighted by molar-refractivity contribution is -0.113. The lowest BCUT2D eigenvalue weighted by Gasteiger charge is -2.09. The molecule has 0 spiro atoms. The van der Waals surface area contributed by atoms with E-state index in [2.05, 4.69) is 15.5 Å². The third kappa shape index (κ3) is 4.49. The Bertz CT molecular complexity index is 1240. The number of anilines is 1. The molecule has 4 aromatic rings. The van der Waals surface area contributed by atoms with Gasteiger partial charge in [-0.3, -0.25) is 4.79 Å². The van der Waals surface area contributed by atoms with Gasteiger partial charge in [0.1, 0.15) is 5.75 Å². The Balaban J connectivity index is 1.45. The van der Waals surface area contributed by atoms with E-state index in [9.17, 15) is 9.90 Å². The molecule has 2 N–H and O–H groups in total. The number of phenolic OH excluding ortho intramolecular Hbond substituents is 1. The highest BCUT2D eigenvalue weighted by Gasteiger charge is 2.16. The number of carbonyl (C=O) groups is 1. The average Bonchev–Trinajstić information content (AvgIpc) is 3.17. The van der Waals surface area contributed by atoms with Gasteiger partial charge < -0.3 is 14.8 Å². The molecule has 0 aliphatic rings. The fourth-order valence-corrected chi connectivity index (χ4v) is 4.22. The number of nitrogens with zero attached hydrogens (tertiary/aromatic N) is 2. The van der Waals surface area contributed by atoms with Crippen LogP contribution in [0.1, 0.15) is 0 Å². The monoisotopic (exact) mass is 479 g/mol. The highest BCUT2D eigenvalue weighted by atomic mass is 35.5. The lowest BCUT2D eigenvalue weighted by atomic mass is 10.1. The molecule has 0 bridgehead atoms. The van der Waals surface area contributed by atoms with E-state index < -0.39 is 0 Å². The zero-order valence-electron chi connectivity index (χ0n) is 15.0. The molecule has 0 saturated heterocycles. The molecule has 6 nitrogen and oxygen atoms in total. The van der Waals surface area contributed by atoms with Gasteiger partial charge in [-0.2, -0.15) is 0 Å². The standard InChI is InChI=1S/C20H12Cl3N3O3S/c21-12-7-14(22)18(15(23)8-12)24-17(28)9-30-20-26-25-19(29-20)13-5-10-3-1-2-4-11(10)6-16(13)27/h1-8,27H,9H2,(H,24,28). The minimum absolute atomic E-state index is 0.0133. The van der Waals surface area contributed by atoms with Gasteiger partial charge in [-0.05, 0) is 35.0 Å². The van der Waals surface area contributed by atoms with Crippen molar-refractivity contribution in [1.82, 2.24) is 10.2 Å². The van der Waals surface area contributed by atoms with Crippen LogP contribution in [0.25, 0.3) is 22.2 Å². The van der Waals surface area contributed by atoms with Crippen molar-refractivity contribution in [2.24, 2.45) is 0 Å². The quantitative estimate of drug-likeness (QED) is 0.327. The maximum atomic E-state index is 12.2. The fraction of sp³-hybridized carbons (Fsp3) is 0.0500. The number of aromatic hydroxyl groups is 1. The summed E-state index contributed by atoms with van der Waals surface area (Å²) in [5, 5.41) is 23.7. The number of amides is 1. The van der Waals surface area contributed by atoms with Gasteiger partial charge in [0.25, 0.3) is 11.1 Å². The van der Waals surface area contributed by atoms with Crippen molar-refractivity contribution < 1.29 is 14.3 Å². The van der Waals surface area contributed by atoms with Crippen LogP contribution < -0.4 is 5.32 Å². The predicted molar refractivity (Wildman–Crippen MR) is 120 cm³/mol. The van der Waals surface area contributed by atoms with Gasteiger partial charge in [-0.25, -0.2) is 0 Å². The predicted octanol–water partition coefficient (Wildman–Crippen LogP) is 6.29. The van der Waals surface area contributed by atoms with E-state index in [4.69, 9.17) is 39.2 Å². The smallest absolute Gasteiger partial charge is 0.277 e. The van der Waals surface area contributed by atoms with Crippen molar-refractivity contribution in [1.29, 1.82) is 0 Å². The van der Waals surface area contributed by atoms with E-state index in [1.165, 1.54) is 12.1 Å². The van der Waals surface area contributed by atoms with Gasteiger partial charge in [0.05, 0.1) is 27.0 Å². The van der Waals surface area contributed by atoms with Crippen LogP contribution in [-0.2, 0) is 4.79 Å². The summed E-state index contributed by atoms with van der Waals surface area (Å²) in [5.74, 6) is -0.191. The summed E-state index contributed by atoms with van der Waals surface area (Å²) >= 11 is 19.0. The summed E-state index contributed by atoms with van der Waals surface area (Å²) in [6, 6.07) is 14.0. The van der Waals surface area contributed by atoms with Crippen molar-refractivity contribution in [2.45, 2.75) is 5.22 Å². The first-order valence-corrected chi connectivity index (χ1v) is 10.7. The molecule has 0 radical (unpaired) electrons. The molecule has 1 aromatic heterocycles. The maximum absolute atomic E-state index is 12.2. The van der Waals surface area contributed by atoms with E-state index in [1.807, 2.05) is 24.3 Å². The Kier molecular flexibility index (Phi) is 6.06. The van der Waals surface area contributed by atoms with Crippen LogP contribution >= 0.6 is 46.6 Å². The van der Waals surface area contributed by atoms with E-state index in [0.29, 0.717) is 10.6 Å². The Labute approximate surface area is 190 Å². The number of hydrogen-bond donors (Lipinski definition) is 2. The number of halogens is 3. The average molecular weight is 481 g/mol. The summed E-state index contributed by atoms with van der Waals surface area (Å²) in [4.78, 5) is 12.2. The number of aromatic nitrogens is 2. The highest BCUT2D eigenvalue weighted by molar-refractivity contribution is 7.99. The first-order chi connectivity index (χ1) is 14.4. The minimum Gasteiger partial charge on any atom is -0.507 e. The summed E-state index contributed by atoms with van der Waals surface area (Å²) in [5.41, 5.74) is 0.692. The van der Waals surface area contributed by atoms with Crippen molar-refractivity contribution in [3.8, 4) is 17.2 Å². The van der Waals surface area contributed by atoms with Crippen molar-refractivity contribution in [2.75, 3.05) is 11.1 Å². The van der Waals surface area contributed by atoms with E-state index in [-0.39, 0.29) is 44.3 Å². The first-order valence-electron chi connectivity index (χ1n) is 8.53. The van der Waals surface area contributed by atoms with E-state index in [0.717, 1.165) is 22.5 Å². The number of fused-ring (bicyclic) bond motifs is 1. The number of hydrogen-bond acceptors (Lipinski definition) is 6. The highest BCUT2D eigenvalue weighted by Crippen LogP contribution is 2.35. The van der Waals surface area contributed by atoms with Crippen molar-refractivity contribution in [3.05, 3.63) is 63.6 Å². The molecule has 152 valence electrons. The van der Waals surface area contributed by atoms with Crippen LogP contribution in [0.15, 0.2) is 58.2 Å². The third-order valence-corrected chi connectivity index (χ3v) is 5.73. The zero-order valence-corrected chi connectivity index (χ0v) is 18.1. The molecule has 0 fully saturated rings. The van der Waals surface area contributed by atoms with Gasteiger partial charge in [-0.15, -0.1) is 10.2 Å². The topological polar surface area (TPSA) is 88.2 Å². The van der Waals surface area contributed by atoms with Gasteiger partial charge in [0, 0.05) is 5.02 Å². The Morgan fingerprint density at radius 3 is 2.40 bits per heavy atom. The molecule has 0 aliphatic carbocycles. The maximum Gasteiger partial charge on any atom is 0.277 e. The second-order valence-electron chi connectivity index (χ2n) is 6.17. The number of rotatable bonds is 5. The normalized spacial score (nSPS) is 11.0. The van der Waals surface area contributed by atoms with Gasteiger partial charge in [-0.1, -0.05) is 70.8 Å². The molecule has 1 heterocycles. The Morgan fingerprint density at radius 2 is 1.70 bits per heavy atom. The largest absolute Gasteiger partial charge is 0.507 e. The van der Waals surface area contributed by atoms with Crippen LogP contribution in [0.3, 0.4) is 0 Å². The second-order valence-corrected chi connectivity index (χ2v) is 8.35. The van der Waals surface area contributed by atoms with E-state index >= 15 is 0 Å². The fourth-order valence-electron chi connectivity index (χ4n) is 2.74. The van der Waals surface area contributed by atoms with Crippen LogP contribution in [-0.4, -0.2) is 27.0 Å². The van der Waals surface area contributed by atoms with Gasteiger partial charge >= 0.3 is 0 Å². The summed E-state index contributed by atoms with van der Waals surface area (Å²) < 4.78 is 5.59. The first kappa shape index (κ1) is 20.8. The van der Waals surface area contributed by atoms with E-state index in [1.54, 1.807) is 12.1 Å². The third-order valence-electron chi connectivity index (χ3n) is 4.10. The molecular formula is C20H12Cl3N3O3S. The molecule has 0 aliphatic heterocycles. The molecule has 4 rings (SSSR count). The number of thioether (sulfide) groups is 1. The Morgan fingerprint density at radius 1 is 1.03 bits per heavy atom. The van der Waals surface area contributed by atoms with Crippen LogP contribution in [0.5, 0.6) is 5.75 Å². The molecule has 3 aromatic carbocycles. The number of phenols is 1. The zero-order chi connectivity index (χ0) is 21.3. The molecular weight excluding hydrogens is 469 g/mol. The van der Waals surface area contributed by atoms with Crippen LogP contribution in [0.4, 0.5) is 5.69 Å². The summed E-state index contributed by atoms with van der Waals surface area (Å²) in [6.07, 6.45) is 0. The Hall–Kier alpha value is -2.45. The molecule has 0 unspecified atom stereocenters. The van der Waals surface area contributed by atoms with Gasteiger partial charge in [0.2, 0.25) is 5.91 Å². The second kappa shape index (κ2) is 8.73. The summed E-state index contributed by atoms with van der Waals surface area (Å²) in [7, 11) is 0. The number of carbonyl (C=O) groups excluding carboxylic acids is 1. The number of nitrogens with one attached hydrogen (secondary N) is 1. The van der Waals surface area contributed by atoms with Crippen LogP contribution in [0.2, 0.25) is 15.1 Å². The summed E-state index contributed by atoms with van der Waals surface area (Å²) in [6.45, 7) is 0.